The number of hydrogen-bond donors (Lipinski definition) is 0. The third kappa shape index (κ3) is 3.56. The van der Waals surface area contributed by atoms with E-state index in [2.05, 4.69) is 11.5 Å². The van der Waals surface area contributed by atoms with Gasteiger partial charge in [-0.15, -0.1) is 0 Å². The summed E-state index contributed by atoms with van der Waals surface area (Å²) in [6.45, 7) is 5.42. The quantitative estimate of drug-likeness (QED) is 0.572. The zero-order valence-corrected chi connectivity index (χ0v) is 13.5. The normalized spacial score (nSPS) is 14.2. The molecule has 2 aromatic carbocycles. The second kappa shape index (κ2) is 7.17. The summed E-state index contributed by atoms with van der Waals surface area (Å²) < 4.78 is 5.86. The van der Waals surface area contributed by atoms with Crippen molar-refractivity contribution in [1.29, 1.82) is 0 Å². The smallest absolute Gasteiger partial charge is 0.292 e. The lowest BCUT2D eigenvalue weighted by molar-refractivity contribution is -0.384. The Hall–Kier alpha value is -2.82. The van der Waals surface area contributed by atoms with Crippen LogP contribution in [0.5, 0.6) is 11.5 Å². The number of benzene rings is 2. The molecule has 1 heterocycles. The number of hydrogen-bond acceptors (Lipinski definition) is 4. The molecule has 0 unspecified atom stereocenters. The van der Waals surface area contributed by atoms with E-state index < -0.39 is 0 Å². The Labute approximate surface area is 141 Å². The molecule has 0 spiro atoms. The third-order valence-electron chi connectivity index (χ3n) is 4.19. The van der Waals surface area contributed by atoms with Gasteiger partial charge in [-0.3, -0.25) is 10.1 Å². The van der Waals surface area contributed by atoms with Gasteiger partial charge in [0.15, 0.2) is 0 Å². The highest BCUT2D eigenvalue weighted by atomic mass is 16.6. The van der Waals surface area contributed by atoms with Gasteiger partial charge in [0.25, 0.3) is 5.69 Å². The van der Waals surface area contributed by atoms with E-state index in [1.54, 1.807) is 18.2 Å². The molecule has 3 rings (SSSR count). The number of piperidine rings is 1. The molecule has 1 aliphatic heterocycles. The topological polar surface area (TPSA) is 55.6 Å². The van der Waals surface area contributed by atoms with Crippen molar-refractivity contribution in [3.05, 3.63) is 64.7 Å². The zero-order chi connectivity index (χ0) is 16.9. The maximum atomic E-state index is 11.3. The van der Waals surface area contributed by atoms with E-state index in [0.29, 0.717) is 17.2 Å². The SMILES string of the molecule is C=Cc1ccc(Oc2ccc([N+](=O)[O-])c(N3CCCCC3)c2)cc1. The van der Waals surface area contributed by atoms with Crippen LogP contribution in [0.3, 0.4) is 0 Å². The lowest BCUT2D eigenvalue weighted by Gasteiger charge is -2.28. The van der Waals surface area contributed by atoms with Crippen LogP contribution < -0.4 is 9.64 Å². The molecule has 1 fully saturated rings. The van der Waals surface area contributed by atoms with Crippen LogP contribution in [-0.4, -0.2) is 18.0 Å². The molecule has 0 N–H and O–H groups in total. The van der Waals surface area contributed by atoms with Crippen LogP contribution in [0.1, 0.15) is 24.8 Å². The van der Waals surface area contributed by atoms with E-state index >= 15 is 0 Å². The molecule has 0 saturated carbocycles. The minimum absolute atomic E-state index is 0.131. The standard InChI is InChI=1S/C19H20N2O3/c1-2-15-6-8-16(9-7-15)24-17-10-11-18(21(22)23)19(14-17)20-12-4-3-5-13-20/h2,6-11,14H,1,3-5,12-13H2. The van der Waals surface area contributed by atoms with Crippen molar-refractivity contribution in [3.63, 3.8) is 0 Å². The highest BCUT2D eigenvalue weighted by Gasteiger charge is 2.22. The Morgan fingerprint density at radius 3 is 2.33 bits per heavy atom. The van der Waals surface area contributed by atoms with E-state index in [1.165, 1.54) is 12.5 Å². The number of rotatable bonds is 5. The van der Waals surface area contributed by atoms with Crippen molar-refractivity contribution >= 4 is 17.5 Å². The first kappa shape index (κ1) is 16.1. The van der Waals surface area contributed by atoms with Crippen LogP contribution in [0, 0.1) is 10.1 Å². The Morgan fingerprint density at radius 1 is 1.04 bits per heavy atom. The molecule has 24 heavy (non-hydrogen) atoms. The van der Waals surface area contributed by atoms with Gasteiger partial charge in [-0.2, -0.15) is 0 Å². The van der Waals surface area contributed by atoms with Crippen molar-refractivity contribution in [2.75, 3.05) is 18.0 Å². The van der Waals surface area contributed by atoms with Gasteiger partial charge in [0.1, 0.15) is 17.2 Å². The number of nitro benzene ring substituents is 1. The summed E-state index contributed by atoms with van der Waals surface area (Å²) in [6, 6.07) is 12.5. The van der Waals surface area contributed by atoms with E-state index in [-0.39, 0.29) is 10.6 Å². The summed E-state index contributed by atoms with van der Waals surface area (Å²) in [5.74, 6) is 1.30. The van der Waals surface area contributed by atoms with Crippen LogP contribution in [0.15, 0.2) is 49.0 Å². The van der Waals surface area contributed by atoms with Gasteiger partial charge in [0.05, 0.1) is 4.92 Å². The first-order valence-electron chi connectivity index (χ1n) is 8.11. The van der Waals surface area contributed by atoms with Crippen LogP contribution in [0.2, 0.25) is 0 Å². The molecule has 0 aliphatic carbocycles. The molecule has 2 aromatic rings. The maximum absolute atomic E-state index is 11.3. The van der Waals surface area contributed by atoms with Crippen LogP contribution in [0.25, 0.3) is 6.08 Å². The summed E-state index contributed by atoms with van der Waals surface area (Å²) in [6.07, 6.45) is 5.07. The molecule has 0 amide bonds. The van der Waals surface area contributed by atoms with Crippen molar-refractivity contribution in [2.24, 2.45) is 0 Å². The van der Waals surface area contributed by atoms with Crippen molar-refractivity contribution in [1.82, 2.24) is 0 Å². The molecule has 0 atom stereocenters. The van der Waals surface area contributed by atoms with Gasteiger partial charge in [0.2, 0.25) is 0 Å². The maximum Gasteiger partial charge on any atom is 0.292 e. The van der Waals surface area contributed by atoms with Crippen molar-refractivity contribution < 1.29 is 9.66 Å². The summed E-state index contributed by atoms with van der Waals surface area (Å²) >= 11 is 0. The monoisotopic (exact) mass is 324 g/mol. The molecule has 1 aliphatic rings. The van der Waals surface area contributed by atoms with E-state index in [9.17, 15) is 10.1 Å². The van der Waals surface area contributed by atoms with E-state index in [4.69, 9.17) is 4.74 Å². The molecular formula is C19H20N2O3. The summed E-state index contributed by atoms with van der Waals surface area (Å²) in [5.41, 5.74) is 1.78. The van der Waals surface area contributed by atoms with Crippen LogP contribution in [0.4, 0.5) is 11.4 Å². The number of nitrogens with zero attached hydrogens (tertiary/aromatic N) is 2. The summed E-state index contributed by atoms with van der Waals surface area (Å²) in [7, 11) is 0. The fourth-order valence-corrected chi connectivity index (χ4v) is 2.92. The minimum Gasteiger partial charge on any atom is -0.457 e. The van der Waals surface area contributed by atoms with Gasteiger partial charge in [-0.05, 0) is 43.0 Å². The fourth-order valence-electron chi connectivity index (χ4n) is 2.92. The summed E-state index contributed by atoms with van der Waals surface area (Å²) in [5, 5.41) is 11.3. The van der Waals surface area contributed by atoms with Gasteiger partial charge < -0.3 is 9.64 Å². The van der Waals surface area contributed by atoms with Crippen molar-refractivity contribution in [2.45, 2.75) is 19.3 Å². The lowest BCUT2D eigenvalue weighted by atomic mass is 10.1. The largest absolute Gasteiger partial charge is 0.457 e. The molecule has 124 valence electrons. The lowest BCUT2D eigenvalue weighted by Crippen LogP contribution is -2.29. The minimum atomic E-state index is -0.327. The summed E-state index contributed by atoms with van der Waals surface area (Å²) in [4.78, 5) is 13.1. The van der Waals surface area contributed by atoms with Gasteiger partial charge >= 0.3 is 0 Å². The predicted molar refractivity (Wildman–Crippen MR) is 95.8 cm³/mol. The molecule has 1 saturated heterocycles. The van der Waals surface area contributed by atoms with Gasteiger partial charge in [-0.1, -0.05) is 24.8 Å². The Bertz CT molecular complexity index is 735. The molecule has 0 radical (unpaired) electrons. The Balaban J connectivity index is 1.87. The van der Waals surface area contributed by atoms with E-state index in [0.717, 1.165) is 31.5 Å². The fraction of sp³-hybridized carbons (Fsp3) is 0.263. The van der Waals surface area contributed by atoms with Crippen LogP contribution >= 0.6 is 0 Å². The molecule has 5 nitrogen and oxygen atoms in total. The van der Waals surface area contributed by atoms with Crippen molar-refractivity contribution in [3.8, 4) is 11.5 Å². The van der Waals surface area contributed by atoms with Gasteiger partial charge in [0, 0.05) is 25.2 Å². The molecule has 5 heteroatoms. The first-order chi connectivity index (χ1) is 11.7. The molecule has 0 aromatic heterocycles. The third-order valence-corrected chi connectivity index (χ3v) is 4.19. The number of ether oxygens (including phenoxy) is 1. The predicted octanol–water partition coefficient (Wildman–Crippen LogP) is 5.02. The second-order valence-electron chi connectivity index (χ2n) is 5.83. The Morgan fingerprint density at radius 2 is 1.71 bits per heavy atom. The molecule has 0 bridgehead atoms. The average molecular weight is 324 g/mol. The first-order valence-corrected chi connectivity index (χ1v) is 8.11. The number of anilines is 1. The Kier molecular flexibility index (Phi) is 4.79. The molecular weight excluding hydrogens is 304 g/mol. The zero-order valence-electron chi connectivity index (χ0n) is 13.5. The van der Waals surface area contributed by atoms with E-state index in [1.807, 2.05) is 24.3 Å². The highest BCUT2D eigenvalue weighted by molar-refractivity contribution is 5.66. The highest BCUT2D eigenvalue weighted by Crippen LogP contribution is 2.35. The van der Waals surface area contributed by atoms with Crippen LogP contribution in [-0.2, 0) is 0 Å². The average Bonchev–Trinajstić information content (AvgIpc) is 2.63. The van der Waals surface area contributed by atoms with Gasteiger partial charge in [-0.25, -0.2) is 0 Å². The number of nitro groups is 1. The second-order valence-corrected chi connectivity index (χ2v) is 5.83.